The van der Waals surface area contributed by atoms with E-state index >= 15 is 0 Å². The largest absolute Gasteiger partial charge is 0.342 e. The molecule has 1 fully saturated rings. The average Bonchev–Trinajstić information content (AvgIpc) is 3.51. The fourth-order valence-corrected chi connectivity index (χ4v) is 5.47. The van der Waals surface area contributed by atoms with E-state index in [0.717, 1.165) is 63.8 Å². The van der Waals surface area contributed by atoms with E-state index in [-0.39, 0.29) is 11.8 Å². The van der Waals surface area contributed by atoms with E-state index in [1.165, 1.54) is 5.56 Å². The van der Waals surface area contributed by atoms with Crippen LogP contribution >= 0.6 is 11.8 Å². The van der Waals surface area contributed by atoms with Crippen molar-refractivity contribution in [2.75, 3.05) is 13.1 Å². The number of carbonyl (C=O) groups is 1. The Bertz CT molecular complexity index is 1390. The molecule has 2 N–H and O–H groups in total. The highest BCUT2D eigenvalue weighted by Crippen LogP contribution is 2.28. The summed E-state index contributed by atoms with van der Waals surface area (Å²) in [6.45, 7) is 1.49. The lowest BCUT2D eigenvalue weighted by Gasteiger charge is -2.32. The van der Waals surface area contributed by atoms with E-state index in [0.29, 0.717) is 6.54 Å². The molecule has 5 aromatic rings. The zero-order valence-corrected chi connectivity index (χ0v) is 19.5. The molecule has 0 bridgehead atoms. The second kappa shape index (κ2) is 8.99. The molecule has 0 aliphatic carbocycles. The lowest BCUT2D eigenvalue weighted by molar-refractivity contribution is 0.0705. The van der Waals surface area contributed by atoms with Gasteiger partial charge < -0.3 is 14.9 Å². The van der Waals surface area contributed by atoms with Crippen LogP contribution in [0.25, 0.3) is 22.1 Å². The number of benzene rings is 3. The van der Waals surface area contributed by atoms with Crippen molar-refractivity contribution in [3.8, 4) is 0 Å². The van der Waals surface area contributed by atoms with Crippen molar-refractivity contribution in [3.63, 3.8) is 0 Å². The smallest absolute Gasteiger partial charge is 0.253 e. The summed E-state index contributed by atoms with van der Waals surface area (Å²) in [4.78, 5) is 31.4. The number of imidazole rings is 2. The van der Waals surface area contributed by atoms with Crippen molar-refractivity contribution in [2.45, 2.75) is 29.7 Å². The highest BCUT2D eigenvalue weighted by molar-refractivity contribution is 7.98. The molecule has 170 valence electrons. The molecule has 1 aliphatic rings. The van der Waals surface area contributed by atoms with Gasteiger partial charge in [0.15, 0.2) is 5.16 Å². The number of carbonyl (C=O) groups excluding carboxylic acids is 1. The first-order chi connectivity index (χ1) is 16.7. The zero-order chi connectivity index (χ0) is 22.9. The van der Waals surface area contributed by atoms with E-state index in [4.69, 9.17) is 4.98 Å². The number of H-pyrrole nitrogens is 2. The molecule has 6 rings (SSSR count). The molecule has 1 aliphatic heterocycles. The molecule has 1 saturated heterocycles. The van der Waals surface area contributed by atoms with Crippen LogP contribution in [0, 0.1) is 0 Å². The molecule has 0 radical (unpaired) electrons. The first-order valence-electron chi connectivity index (χ1n) is 11.6. The predicted octanol–water partition coefficient (Wildman–Crippen LogP) is 5.75. The summed E-state index contributed by atoms with van der Waals surface area (Å²) >= 11 is 1.67. The number of fused-ring (bicyclic) bond motifs is 2. The molecule has 2 aromatic heterocycles. The molecule has 3 aromatic carbocycles. The second-order valence-corrected chi connectivity index (χ2v) is 9.74. The predicted molar refractivity (Wildman–Crippen MR) is 136 cm³/mol. The molecule has 0 unspecified atom stereocenters. The number of nitrogens with one attached hydrogen (secondary N) is 2. The van der Waals surface area contributed by atoms with Crippen molar-refractivity contribution in [1.29, 1.82) is 0 Å². The van der Waals surface area contributed by atoms with E-state index in [2.05, 4.69) is 15.0 Å². The molecule has 7 heteroatoms. The van der Waals surface area contributed by atoms with Crippen molar-refractivity contribution < 1.29 is 4.79 Å². The molecule has 34 heavy (non-hydrogen) atoms. The maximum atomic E-state index is 13.2. The average molecular weight is 468 g/mol. The van der Waals surface area contributed by atoms with Crippen LogP contribution in [0.15, 0.2) is 78.0 Å². The standard InChI is InChI=1S/C27H25N5OS/c33-26(32-15-5-6-20(16-32)25-28-21-7-1-2-8-22(21)29-25)19-13-11-18(12-14-19)17-34-27-30-23-9-3-4-10-24(23)31-27/h1-4,7-14,20H,5-6,15-17H2,(H,28,29)(H,30,31)/t20-/m1/s1. The second-order valence-electron chi connectivity index (χ2n) is 8.77. The monoisotopic (exact) mass is 467 g/mol. The van der Waals surface area contributed by atoms with Gasteiger partial charge in [-0.1, -0.05) is 48.2 Å². The van der Waals surface area contributed by atoms with Crippen LogP contribution in [0.3, 0.4) is 0 Å². The molecule has 1 amide bonds. The maximum absolute atomic E-state index is 13.2. The van der Waals surface area contributed by atoms with Crippen molar-refractivity contribution in [3.05, 3.63) is 89.7 Å². The van der Waals surface area contributed by atoms with Crippen LogP contribution in [0.2, 0.25) is 0 Å². The molecular formula is C27H25N5OS. The van der Waals surface area contributed by atoms with Gasteiger partial charge >= 0.3 is 0 Å². The van der Waals surface area contributed by atoms with Crippen molar-refractivity contribution >= 4 is 39.7 Å². The van der Waals surface area contributed by atoms with Gasteiger partial charge in [-0.25, -0.2) is 9.97 Å². The van der Waals surface area contributed by atoms with Crippen LogP contribution in [0.1, 0.15) is 40.5 Å². The number of amides is 1. The number of nitrogens with zero attached hydrogens (tertiary/aromatic N) is 3. The number of hydrogen-bond acceptors (Lipinski definition) is 4. The van der Waals surface area contributed by atoms with Gasteiger partial charge in [-0.3, -0.25) is 4.79 Å². The first-order valence-corrected chi connectivity index (χ1v) is 12.6. The van der Waals surface area contributed by atoms with Gasteiger partial charge in [-0.15, -0.1) is 0 Å². The highest BCUT2D eigenvalue weighted by atomic mass is 32.2. The molecule has 6 nitrogen and oxygen atoms in total. The minimum absolute atomic E-state index is 0.0947. The summed E-state index contributed by atoms with van der Waals surface area (Å²) in [7, 11) is 0. The Kier molecular flexibility index (Phi) is 5.55. The fraction of sp³-hybridized carbons (Fsp3) is 0.222. The highest BCUT2D eigenvalue weighted by Gasteiger charge is 2.27. The normalized spacial score (nSPS) is 16.4. The Morgan fingerprint density at radius 2 is 1.62 bits per heavy atom. The summed E-state index contributed by atoms with van der Waals surface area (Å²) in [6.07, 6.45) is 2.03. The van der Waals surface area contributed by atoms with Gasteiger partial charge in [-0.05, 0) is 54.8 Å². The van der Waals surface area contributed by atoms with Gasteiger partial charge in [-0.2, -0.15) is 0 Å². The van der Waals surface area contributed by atoms with Gasteiger partial charge in [0.25, 0.3) is 5.91 Å². The van der Waals surface area contributed by atoms with Crippen molar-refractivity contribution in [2.24, 2.45) is 0 Å². The van der Waals surface area contributed by atoms with Gasteiger partial charge in [0, 0.05) is 30.3 Å². The summed E-state index contributed by atoms with van der Waals surface area (Å²) < 4.78 is 0. The summed E-state index contributed by atoms with van der Waals surface area (Å²) in [5.74, 6) is 2.12. The summed E-state index contributed by atoms with van der Waals surface area (Å²) in [6, 6.07) is 24.1. The molecule has 1 atom stereocenters. The Morgan fingerprint density at radius 1 is 0.912 bits per heavy atom. The number of rotatable bonds is 5. The van der Waals surface area contributed by atoms with Crippen LogP contribution in [-0.2, 0) is 5.75 Å². The van der Waals surface area contributed by atoms with Gasteiger partial charge in [0.2, 0.25) is 0 Å². The zero-order valence-electron chi connectivity index (χ0n) is 18.7. The third kappa shape index (κ3) is 4.19. The summed E-state index contributed by atoms with van der Waals surface area (Å²) in [5.41, 5.74) is 5.97. The lowest BCUT2D eigenvalue weighted by atomic mass is 9.96. The number of hydrogen-bond donors (Lipinski definition) is 2. The van der Waals surface area contributed by atoms with Gasteiger partial charge in [0.05, 0.1) is 22.1 Å². The first kappa shape index (κ1) is 21.0. The number of aromatic nitrogens is 4. The SMILES string of the molecule is O=C(c1ccc(CSc2nc3ccccc3[nH]2)cc1)N1CCC[C@@H](c2nc3ccccc3[nH]2)C1. The van der Waals surface area contributed by atoms with E-state index in [1.54, 1.807) is 11.8 Å². The number of thioether (sulfide) groups is 1. The number of piperidine rings is 1. The molecule has 0 spiro atoms. The Labute approximate surface area is 201 Å². The number of aromatic amines is 2. The lowest BCUT2D eigenvalue weighted by Crippen LogP contribution is -2.39. The van der Waals surface area contributed by atoms with Crippen LogP contribution in [-0.4, -0.2) is 43.8 Å². The minimum atomic E-state index is 0.0947. The van der Waals surface area contributed by atoms with Crippen LogP contribution < -0.4 is 0 Å². The Hall–Kier alpha value is -3.58. The minimum Gasteiger partial charge on any atom is -0.342 e. The van der Waals surface area contributed by atoms with E-state index < -0.39 is 0 Å². The Balaban J connectivity index is 1.10. The molecule has 3 heterocycles. The molecule has 0 saturated carbocycles. The van der Waals surface area contributed by atoms with Crippen LogP contribution in [0.4, 0.5) is 0 Å². The Morgan fingerprint density at radius 3 is 2.35 bits per heavy atom. The maximum Gasteiger partial charge on any atom is 0.253 e. The third-order valence-corrected chi connectivity index (χ3v) is 7.39. The third-order valence-electron chi connectivity index (χ3n) is 6.45. The fourth-order valence-electron chi connectivity index (χ4n) is 4.63. The summed E-state index contributed by atoms with van der Waals surface area (Å²) in [5, 5.41) is 0.909. The van der Waals surface area contributed by atoms with E-state index in [1.807, 2.05) is 77.7 Å². The van der Waals surface area contributed by atoms with Crippen LogP contribution in [0.5, 0.6) is 0 Å². The quantitative estimate of drug-likeness (QED) is 0.323. The topological polar surface area (TPSA) is 77.7 Å². The molecular weight excluding hydrogens is 442 g/mol. The van der Waals surface area contributed by atoms with E-state index in [9.17, 15) is 4.79 Å². The van der Waals surface area contributed by atoms with Crippen molar-refractivity contribution in [1.82, 2.24) is 24.8 Å². The number of para-hydroxylation sites is 4. The van der Waals surface area contributed by atoms with Gasteiger partial charge in [0.1, 0.15) is 5.82 Å². The number of likely N-dealkylation sites (tertiary alicyclic amines) is 1.